The van der Waals surface area contributed by atoms with Crippen molar-refractivity contribution in [1.29, 1.82) is 0 Å². The number of benzene rings is 2. The quantitative estimate of drug-likeness (QED) is 0.256. The minimum atomic E-state index is 1.39. The van der Waals surface area contributed by atoms with E-state index in [1.807, 2.05) is 45.3 Å². The zero-order valence-corrected chi connectivity index (χ0v) is 17.5. The maximum atomic E-state index is 2.40. The van der Waals surface area contributed by atoms with Gasteiger partial charge in [-0.3, -0.25) is 0 Å². The van der Waals surface area contributed by atoms with Crippen LogP contribution in [-0.2, 0) is 0 Å². The number of aryl methyl sites for hydroxylation is 2. The van der Waals surface area contributed by atoms with E-state index in [1.54, 1.807) is 0 Å². The lowest BCUT2D eigenvalue weighted by atomic mass is 10.1. The predicted octanol–water partition coefficient (Wildman–Crippen LogP) is 8.83. The molecule has 0 bridgehead atoms. The van der Waals surface area contributed by atoms with Gasteiger partial charge in [-0.15, -0.1) is 45.3 Å². The van der Waals surface area contributed by atoms with Crippen LogP contribution in [0, 0.1) is 13.8 Å². The van der Waals surface area contributed by atoms with E-state index < -0.39 is 0 Å². The van der Waals surface area contributed by atoms with Gasteiger partial charge in [-0.2, -0.15) is 0 Å². The van der Waals surface area contributed by atoms with Crippen molar-refractivity contribution >= 4 is 85.7 Å². The topological polar surface area (TPSA) is 0 Å². The van der Waals surface area contributed by atoms with Crippen molar-refractivity contribution < 1.29 is 0 Å². The number of fused-ring (bicyclic) bond motifs is 6. The molecule has 0 N–H and O–H groups in total. The molecule has 0 spiro atoms. The van der Waals surface area contributed by atoms with Crippen LogP contribution in [0.25, 0.3) is 50.1 Å². The van der Waals surface area contributed by atoms with E-state index in [-0.39, 0.29) is 0 Å². The zero-order valence-electron chi connectivity index (χ0n) is 14.3. The van der Waals surface area contributed by atoms with Gasteiger partial charge in [0.1, 0.15) is 0 Å². The van der Waals surface area contributed by atoms with Gasteiger partial charge in [0.05, 0.1) is 0 Å². The predicted molar refractivity (Wildman–Crippen MR) is 123 cm³/mol. The van der Waals surface area contributed by atoms with Gasteiger partial charge in [0, 0.05) is 59.9 Å². The third kappa shape index (κ3) is 2.16. The molecule has 4 heterocycles. The second-order valence-electron chi connectivity index (χ2n) is 6.71. The summed E-state index contributed by atoms with van der Waals surface area (Å²) in [6.07, 6.45) is 0. The van der Waals surface area contributed by atoms with Gasteiger partial charge in [-0.25, -0.2) is 0 Å². The number of hydrogen-bond acceptors (Lipinski definition) is 4. The minimum absolute atomic E-state index is 1.39. The van der Waals surface area contributed by atoms with E-state index in [1.165, 1.54) is 59.9 Å². The van der Waals surface area contributed by atoms with Gasteiger partial charge < -0.3 is 0 Å². The van der Waals surface area contributed by atoms with Gasteiger partial charge in [-0.1, -0.05) is 0 Å². The Hall–Kier alpha value is -1.72. The minimum Gasteiger partial charge on any atom is -0.141 e. The third-order valence-electron chi connectivity index (χ3n) is 4.88. The summed E-state index contributed by atoms with van der Waals surface area (Å²) in [4.78, 5) is 5.55. The van der Waals surface area contributed by atoms with Gasteiger partial charge in [0.2, 0.25) is 0 Å². The summed E-state index contributed by atoms with van der Waals surface area (Å²) in [5.74, 6) is 0. The fourth-order valence-electron chi connectivity index (χ4n) is 3.76. The molecule has 6 rings (SSSR count). The lowest BCUT2D eigenvalue weighted by molar-refractivity contribution is 1.66. The molecule has 0 atom stereocenters. The van der Waals surface area contributed by atoms with E-state index >= 15 is 0 Å². The molecule has 0 aliphatic rings. The largest absolute Gasteiger partial charge is 0.141 e. The molecule has 0 unspecified atom stereocenters. The third-order valence-corrected chi connectivity index (χ3v) is 9.31. The van der Waals surface area contributed by atoms with E-state index in [2.05, 4.69) is 62.4 Å². The first-order valence-corrected chi connectivity index (χ1v) is 11.8. The van der Waals surface area contributed by atoms with Crippen LogP contribution in [-0.4, -0.2) is 0 Å². The van der Waals surface area contributed by atoms with Crippen molar-refractivity contribution in [1.82, 2.24) is 0 Å². The number of thiophene rings is 4. The van der Waals surface area contributed by atoms with Crippen molar-refractivity contribution in [3.63, 3.8) is 0 Å². The first-order valence-electron chi connectivity index (χ1n) is 8.51. The molecule has 2 aromatic carbocycles. The summed E-state index contributed by atoms with van der Waals surface area (Å²) in [5, 5.41) is 5.62. The molecule has 4 heteroatoms. The standard InChI is InChI=1S/C22H14S4/c1-11-7-13-15-9-21(25-19(15)5-3-17(13)23-11)22-10-16-14-8-12(2)24-18(14)4-6-20(16)26-22/h3-10H,1-2H3. The van der Waals surface area contributed by atoms with Crippen LogP contribution in [0.4, 0.5) is 0 Å². The Morgan fingerprint density at radius 1 is 0.462 bits per heavy atom. The van der Waals surface area contributed by atoms with Crippen LogP contribution < -0.4 is 0 Å². The van der Waals surface area contributed by atoms with Crippen LogP contribution >= 0.6 is 45.3 Å². The van der Waals surface area contributed by atoms with Crippen LogP contribution in [0.15, 0.2) is 48.5 Å². The lowest BCUT2D eigenvalue weighted by Crippen LogP contribution is -1.64. The number of rotatable bonds is 1. The maximum absolute atomic E-state index is 2.40. The smallest absolute Gasteiger partial charge is 0.0455 e. The molecule has 0 fully saturated rings. The van der Waals surface area contributed by atoms with Gasteiger partial charge in [0.15, 0.2) is 0 Å². The Morgan fingerprint density at radius 3 is 1.23 bits per heavy atom. The van der Waals surface area contributed by atoms with Crippen molar-refractivity contribution in [2.24, 2.45) is 0 Å². The Bertz CT molecular complexity index is 1340. The average Bonchev–Trinajstić information content (AvgIpc) is 3.35. The van der Waals surface area contributed by atoms with Crippen LogP contribution in [0.1, 0.15) is 9.75 Å². The summed E-state index contributed by atoms with van der Waals surface area (Å²) in [6, 6.07) is 18.6. The Morgan fingerprint density at radius 2 is 0.808 bits per heavy atom. The Balaban J connectivity index is 1.62. The maximum Gasteiger partial charge on any atom is 0.0455 e. The normalized spacial score (nSPS) is 12.2. The summed E-state index contributed by atoms with van der Waals surface area (Å²) in [6.45, 7) is 4.40. The first kappa shape index (κ1) is 15.3. The molecular weight excluding hydrogens is 393 g/mol. The molecule has 0 saturated heterocycles. The summed E-state index contributed by atoms with van der Waals surface area (Å²) >= 11 is 7.61. The van der Waals surface area contributed by atoms with E-state index in [4.69, 9.17) is 0 Å². The Kier molecular flexibility index (Phi) is 3.19. The molecule has 6 aromatic rings. The molecule has 126 valence electrons. The molecule has 0 radical (unpaired) electrons. The monoisotopic (exact) mass is 406 g/mol. The molecule has 0 aliphatic heterocycles. The molecule has 4 aromatic heterocycles. The van der Waals surface area contributed by atoms with Crippen molar-refractivity contribution in [3.8, 4) is 9.75 Å². The highest BCUT2D eigenvalue weighted by atomic mass is 32.1. The van der Waals surface area contributed by atoms with E-state index in [0.29, 0.717) is 0 Å². The van der Waals surface area contributed by atoms with Crippen LogP contribution in [0.2, 0.25) is 0 Å². The molecule has 0 aliphatic carbocycles. The molecule has 0 saturated carbocycles. The van der Waals surface area contributed by atoms with Gasteiger partial charge in [-0.05, 0) is 62.4 Å². The lowest BCUT2D eigenvalue weighted by Gasteiger charge is -1.90. The SMILES string of the molecule is Cc1cc2c(ccc3sc(-c4cc5c(ccc6sc(C)cc65)s4)cc32)s1. The van der Waals surface area contributed by atoms with Crippen molar-refractivity contribution in [3.05, 3.63) is 58.3 Å². The fraction of sp³-hybridized carbons (Fsp3) is 0.0909. The summed E-state index contributed by atoms with van der Waals surface area (Å²) in [7, 11) is 0. The van der Waals surface area contributed by atoms with E-state index in [0.717, 1.165) is 0 Å². The summed E-state index contributed by atoms with van der Waals surface area (Å²) < 4.78 is 5.57. The highest BCUT2D eigenvalue weighted by Gasteiger charge is 2.13. The number of hydrogen-bond donors (Lipinski definition) is 0. The molecule has 0 amide bonds. The zero-order chi connectivity index (χ0) is 17.4. The Labute approximate surface area is 167 Å². The van der Waals surface area contributed by atoms with E-state index in [9.17, 15) is 0 Å². The second kappa shape index (κ2) is 5.40. The van der Waals surface area contributed by atoms with Gasteiger partial charge >= 0.3 is 0 Å². The van der Waals surface area contributed by atoms with Gasteiger partial charge in [0.25, 0.3) is 0 Å². The van der Waals surface area contributed by atoms with Crippen molar-refractivity contribution in [2.75, 3.05) is 0 Å². The molecule has 0 nitrogen and oxygen atoms in total. The molecular formula is C22H14S4. The van der Waals surface area contributed by atoms with Crippen LogP contribution in [0.3, 0.4) is 0 Å². The highest BCUT2D eigenvalue weighted by molar-refractivity contribution is 7.29. The van der Waals surface area contributed by atoms with Crippen molar-refractivity contribution in [2.45, 2.75) is 13.8 Å². The fourth-order valence-corrected chi connectivity index (χ4v) is 7.86. The van der Waals surface area contributed by atoms with Crippen LogP contribution in [0.5, 0.6) is 0 Å². The first-order chi connectivity index (χ1) is 12.7. The average molecular weight is 407 g/mol. The summed E-state index contributed by atoms with van der Waals surface area (Å²) in [5.41, 5.74) is 0. The highest BCUT2D eigenvalue weighted by Crippen LogP contribution is 2.44. The molecule has 26 heavy (non-hydrogen) atoms. The second-order valence-corrected chi connectivity index (χ2v) is 11.5.